The molecule has 6 rings (SSSR count). The highest BCUT2D eigenvalue weighted by molar-refractivity contribution is 6.02. The lowest BCUT2D eigenvalue weighted by molar-refractivity contribution is -0.111. The van der Waals surface area contributed by atoms with Crippen molar-refractivity contribution in [2.24, 2.45) is 5.92 Å². The van der Waals surface area contributed by atoms with Crippen LogP contribution in [0, 0.1) is 17.6 Å². The number of benzene rings is 2. The summed E-state index contributed by atoms with van der Waals surface area (Å²) in [6.07, 6.45) is 4.11. The fraction of sp³-hybridized carbons (Fsp3) is 0.367. The maximum absolute atomic E-state index is 14.6. The first-order valence-corrected chi connectivity index (χ1v) is 13.9. The quantitative estimate of drug-likeness (QED) is 0.371. The van der Waals surface area contributed by atoms with Crippen LogP contribution in [0.3, 0.4) is 0 Å². The van der Waals surface area contributed by atoms with Gasteiger partial charge in [-0.3, -0.25) is 9.63 Å². The van der Waals surface area contributed by atoms with Crippen molar-refractivity contribution >= 4 is 34.6 Å². The minimum atomic E-state index is -0.692. The maximum Gasteiger partial charge on any atom is 0.247 e. The summed E-state index contributed by atoms with van der Waals surface area (Å²) in [6, 6.07) is 8.90. The van der Waals surface area contributed by atoms with Crippen LogP contribution in [0.1, 0.15) is 24.4 Å². The molecule has 3 aliphatic rings. The van der Waals surface area contributed by atoms with E-state index in [0.29, 0.717) is 47.1 Å². The van der Waals surface area contributed by atoms with Crippen molar-refractivity contribution in [1.82, 2.24) is 14.9 Å². The SMILES string of the molecule is C=CC(=O)Nc1cc(Nc2cc(N3OCC[C@H]3c3c(F)cccc3F)ncn2)c(OC)cc1N1C[C@H]2CCN(C)[C@H]2C1. The second-order valence-corrected chi connectivity index (χ2v) is 10.7. The Kier molecular flexibility index (Phi) is 7.65. The van der Waals surface area contributed by atoms with E-state index in [1.165, 1.54) is 35.7 Å². The number of amides is 1. The van der Waals surface area contributed by atoms with Gasteiger partial charge < -0.3 is 25.2 Å². The molecule has 2 aromatic carbocycles. The molecule has 0 bridgehead atoms. The van der Waals surface area contributed by atoms with Gasteiger partial charge in [-0.2, -0.15) is 0 Å². The molecule has 220 valence electrons. The number of nitrogens with one attached hydrogen (secondary N) is 2. The molecule has 12 heteroatoms. The van der Waals surface area contributed by atoms with Gasteiger partial charge in [0.2, 0.25) is 5.91 Å². The van der Waals surface area contributed by atoms with E-state index < -0.39 is 17.7 Å². The summed E-state index contributed by atoms with van der Waals surface area (Å²) in [7, 11) is 3.73. The first-order valence-electron chi connectivity index (χ1n) is 13.9. The smallest absolute Gasteiger partial charge is 0.247 e. The minimum absolute atomic E-state index is 0.0692. The van der Waals surface area contributed by atoms with Crippen LogP contribution in [0.4, 0.5) is 37.5 Å². The molecule has 42 heavy (non-hydrogen) atoms. The second-order valence-electron chi connectivity index (χ2n) is 10.7. The summed E-state index contributed by atoms with van der Waals surface area (Å²) in [5.41, 5.74) is 1.96. The van der Waals surface area contributed by atoms with Crippen LogP contribution in [0.5, 0.6) is 5.75 Å². The van der Waals surface area contributed by atoms with Crippen molar-refractivity contribution in [2.75, 3.05) is 61.0 Å². The maximum atomic E-state index is 14.6. The van der Waals surface area contributed by atoms with Crippen molar-refractivity contribution < 1.29 is 23.1 Å². The average molecular weight is 578 g/mol. The summed E-state index contributed by atoms with van der Waals surface area (Å²) < 4.78 is 35.0. The molecule has 0 saturated carbocycles. The minimum Gasteiger partial charge on any atom is -0.494 e. The largest absolute Gasteiger partial charge is 0.494 e. The van der Waals surface area contributed by atoms with Crippen molar-refractivity contribution in [3.05, 3.63) is 72.6 Å². The van der Waals surface area contributed by atoms with E-state index in [1.807, 2.05) is 6.07 Å². The standard InChI is InChI=1S/C30H33F2N7O3/c1-4-29(40)36-21-12-22(26(41-3)13-24(21)38-15-18-8-10-37(2)25(18)16-38)35-27-14-28(34-17-33-27)39-23(9-11-42-39)30-19(31)6-5-7-20(30)32/h4-7,12-14,17-18,23,25H,1,8-11,15-16H2,2-3H3,(H,36,40)(H,33,34,35)/t18-,23+,25+/m1/s1. The molecule has 3 aromatic rings. The predicted octanol–water partition coefficient (Wildman–Crippen LogP) is 4.65. The van der Waals surface area contributed by atoms with Crippen LogP contribution < -0.4 is 25.3 Å². The Labute approximate surface area is 242 Å². The van der Waals surface area contributed by atoms with Crippen molar-refractivity contribution in [1.29, 1.82) is 0 Å². The van der Waals surface area contributed by atoms with Crippen molar-refractivity contribution in [2.45, 2.75) is 24.9 Å². The monoisotopic (exact) mass is 577 g/mol. The van der Waals surface area contributed by atoms with E-state index in [9.17, 15) is 13.6 Å². The molecule has 3 fully saturated rings. The second kappa shape index (κ2) is 11.5. The number of hydrogen-bond donors (Lipinski definition) is 2. The fourth-order valence-electron chi connectivity index (χ4n) is 6.21. The number of likely N-dealkylation sites (tertiary alicyclic amines) is 1. The molecule has 3 atom stereocenters. The Balaban J connectivity index is 1.30. The summed E-state index contributed by atoms with van der Waals surface area (Å²) in [4.78, 5) is 31.5. The molecule has 3 aliphatic heterocycles. The van der Waals surface area contributed by atoms with Crippen molar-refractivity contribution in [3.63, 3.8) is 0 Å². The number of rotatable bonds is 8. The van der Waals surface area contributed by atoms with Crippen molar-refractivity contribution in [3.8, 4) is 5.75 Å². The third-order valence-electron chi connectivity index (χ3n) is 8.31. The van der Waals surface area contributed by atoms with Gasteiger partial charge in [-0.25, -0.2) is 23.8 Å². The zero-order valence-electron chi connectivity index (χ0n) is 23.5. The van der Waals surface area contributed by atoms with Gasteiger partial charge in [0.1, 0.15) is 29.5 Å². The molecule has 0 spiro atoms. The molecule has 0 radical (unpaired) electrons. The van der Waals surface area contributed by atoms with E-state index in [0.717, 1.165) is 31.7 Å². The molecular formula is C30H33F2N7O3. The van der Waals surface area contributed by atoms with Gasteiger partial charge in [0, 0.05) is 43.2 Å². The number of nitrogens with zero attached hydrogens (tertiary/aromatic N) is 5. The zero-order valence-corrected chi connectivity index (χ0v) is 23.5. The Morgan fingerprint density at radius 2 is 1.95 bits per heavy atom. The number of carbonyl (C=O) groups excluding carboxylic acids is 1. The number of aromatic nitrogens is 2. The van der Waals surface area contributed by atoms with E-state index in [4.69, 9.17) is 9.57 Å². The number of ether oxygens (including phenoxy) is 1. The van der Waals surface area contributed by atoms with Crippen LogP contribution >= 0.6 is 0 Å². The first-order chi connectivity index (χ1) is 20.4. The van der Waals surface area contributed by atoms with Gasteiger partial charge in [-0.1, -0.05) is 12.6 Å². The molecule has 3 saturated heterocycles. The summed E-state index contributed by atoms with van der Waals surface area (Å²) in [5, 5.41) is 7.60. The summed E-state index contributed by atoms with van der Waals surface area (Å²) >= 11 is 0. The third-order valence-corrected chi connectivity index (χ3v) is 8.31. The first kappa shape index (κ1) is 27.9. The van der Waals surface area contributed by atoms with Gasteiger partial charge in [-0.05, 0) is 50.2 Å². The van der Waals surface area contributed by atoms with E-state index in [2.05, 4.69) is 44.0 Å². The van der Waals surface area contributed by atoms with Crippen LogP contribution in [-0.2, 0) is 9.63 Å². The number of hydrogen-bond acceptors (Lipinski definition) is 9. The molecule has 4 heterocycles. The number of halogens is 2. The number of carbonyl (C=O) groups is 1. The van der Waals surface area contributed by atoms with Gasteiger partial charge in [0.25, 0.3) is 0 Å². The molecule has 0 unspecified atom stereocenters. The average Bonchev–Trinajstić information content (AvgIpc) is 3.71. The highest BCUT2D eigenvalue weighted by Gasteiger charge is 2.40. The lowest BCUT2D eigenvalue weighted by Gasteiger charge is -2.26. The summed E-state index contributed by atoms with van der Waals surface area (Å²) in [6.45, 7) is 6.70. The lowest BCUT2D eigenvalue weighted by atomic mass is 10.0. The molecule has 0 aliphatic carbocycles. The van der Waals surface area contributed by atoms with Gasteiger partial charge in [0.05, 0.1) is 36.8 Å². The third kappa shape index (κ3) is 5.23. The van der Waals surface area contributed by atoms with Gasteiger partial charge in [-0.15, -0.1) is 0 Å². The summed E-state index contributed by atoms with van der Waals surface area (Å²) in [5.74, 6) is 0.233. The molecule has 1 aromatic heterocycles. The van der Waals surface area contributed by atoms with Crippen LogP contribution in [-0.4, -0.2) is 67.2 Å². The zero-order chi connectivity index (χ0) is 29.4. The lowest BCUT2D eigenvalue weighted by Crippen LogP contribution is -2.32. The number of fused-ring (bicyclic) bond motifs is 1. The predicted molar refractivity (Wildman–Crippen MR) is 156 cm³/mol. The molecule has 1 amide bonds. The van der Waals surface area contributed by atoms with Crippen LogP contribution in [0.15, 0.2) is 55.4 Å². The van der Waals surface area contributed by atoms with Gasteiger partial charge in [0.15, 0.2) is 5.82 Å². The molecule has 10 nitrogen and oxygen atoms in total. The fourth-order valence-corrected chi connectivity index (χ4v) is 6.21. The van der Waals surface area contributed by atoms with E-state index in [-0.39, 0.29) is 18.1 Å². The van der Waals surface area contributed by atoms with Crippen LogP contribution in [0.2, 0.25) is 0 Å². The normalized spacial score (nSPS) is 21.9. The van der Waals surface area contributed by atoms with E-state index >= 15 is 0 Å². The topological polar surface area (TPSA) is 95.1 Å². The Hall–Kier alpha value is -4.29. The Bertz CT molecular complexity index is 1490. The number of likely N-dealkylation sites (N-methyl/N-ethyl adjacent to an activating group) is 1. The van der Waals surface area contributed by atoms with E-state index in [1.54, 1.807) is 19.2 Å². The number of hydroxylamine groups is 1. The number of methoxy groups -OCH3 is 1. The number of anilines is 5. The molecule has 2 N–H and O–H groups in total. The van der Waals surface area contributed by atoms with Crippen LogP contribution in [0.25, 0.3) is 0 Å². The Morgan fingerprint density at radius 1 is 1.14 bits per heavy atom. The highest BCUT2D eigenvalue weighted by Crippen LogP contribution is 2.43. The van der Waals surface area contributed by atoms with Gasteiger partial charge >= 0.3 is 0 Å². The molecular weight excluding hydrogens is 544 g/mol. The highest BCUT2D eigenvalue weighted by atomic mass is 19.1. The Morgan fingerprint density at radius 3 is 2.69 bits per heavy atom.